The van der Waals surface area contributed by atoms with Crippen LogP contribution in [-0.2, 0) is 4.79 Å². The van der Waals surface area contributed by atoms with Crippen molar-refractivity contribution in [3.05, 3.63) is 28.5 Å². The van der Waals surface area contributed by atoms with E-state index < -0.39 is 17.8 Å². The molecule has 14 heavy (non-hydrogen) atoms. The molecule has 1 amide bonds. The normalized spacial score (nSPS) is 12.3. The van der Waals surface area contributed by atoms with Gasteiger partial charge in [0.2, 0.25) is 5.91 Å². The van der Waals surface area contributed by atoms with E-state index in [-0.39, 0.29) is 5.69 Å². The molecule has 0 aliphatic rings. The zero-order chi connectivity index (χ0) is 10.7. The fourth-order valence-corrected chi connectivity index (χ4v) is 1.20. The number of amides is 1. The molecule has 76 valence electrons. The summed E-state index contributed by atoms with van der Waals surface area (Å²) in [5.74, 6) is -0.899. The summed E-state index contributed by atoms with van der Waals surface area (Å²) in [5, 5.41) is 2.38. The zero-order valence-corrected chi connectivity index (χ0v) is 9.14. The second kappa shape index (κ2) is 4.52. The highest BCUT2D eigenvalue weighted by Crippen LogP contribution is 2.19. The third-order valence-electron chi connectivity index (χ3n) is 1.60. The summed E-state index contributed by atoms with van der Waals surface area (Å²) in [6, 6.07) is 3.64. The Bertz CT molecular complexity index is 355. The first-order chi connectivity index (χ1) is 6.50. The number of hydrogen-bond acceptors (Lipinski definition) is 2. The molecule has 1 rings (SSSR count). The monoisotopic (exact) mass is 260 g/mol. The zero-order valence-electron chi connectivity index (χ0n) is 7.55. The van der Waals surface area contributed by atoms with Crippen LogP contribution in [0.3, 0.4) is 0 Å². The molecule has 0 unspecified atom stereocenters. The number of hydrogen-bond donors (Lipinski definition) is 2. The molecule has 0 aromatic heterocycles. The van der Waals surface area contributed by atoms with E-state index in [4.69, 9.17) is 5.73 Å². The molecule has 0 spiro atoms. The standard InChI is InChI=1S/C9H10BrFN2O/c1-5(12)9(14)13-8-4-6(10)2-3-7(8)11/h2-5H,12H2,1H3,(H,13,14)/t5-/m1/s1. The summed E-state index contributed by atoms with van der Waals surface area (Å²) in [5.41, 5.74) is 5.45. The largest absolute Gasteiger partial charge is 0.322 e. The Morgan fingerprint density at radius 1 is 1.64 bits per heavy atom. The van der Waals surface area contributed by atoms with Gasteiger partial charge in [0.1, 0.15) is 5.82 Å². The van der Waals surface area contributed by atoms with Gasteiger partial charge in [-0.15, -0.1) is 0 Å². The third kappa shape index (κ3) is 2.78. The van der Waals surface area contributed by atoms with Gasteiger partial charge in [-0.1, -0.05) is 15.9 Å². The van der Waals surface area contributed by atoms with Gasteiger partial charge in [0.15, 0.2) is 0 Å². The van der Waals surface area contributed by atoms with E-state index in [1.165, 1.54) is 19.1 Å². The number of halogens is 2. The van der Waals surface area contributed by atoms with E-state index in [1.54, 1.807) is 6.07 Å². The Balaban J connectivity index is 2.86. The topological polar surface area (TPSA) is 55.1 Å². The Kier molecular flexibility index (Phi) is 3.60. The van der Waals surface area contributed by atoms with Crippen LogP contribution < -0.4 is 11.1 Å². The van der Waals surface area contributed by atoms with Crippen LogP contribution >= 0.6 is 15.9 Å². The molecule has 0 bridgehead atoms. The lowest BCUT2D eigenvalue weighted by Gasteiger charge is -2.08. The molecule has 0 aliphatic heterocycles. The van der Waals surface area contributed by atoms with Crippen LogP contribution in [0.25, 0.3) is 0 Å². The van der Waals surface area contributed by atoms with Crippen molar-refractivity contribution in [1.29, 1.82) is 0 Å². The molecule has 0 fully saturated rings. The van der Waals surface area contributed by atoms with Crippen LogP contribution in [0.1, 0.15) is 6.92 Å². The molecule has 3 nitrogen and oxygen atoms in total. The minimum absolute atomic E-state index is 0.127. The molecule has 1 aromatic rings. The summed E-state index contributed by atoms with van der Waals surface area (Å²) in [6.07, 6.45) is 0. The van der Waals surface area contributed by atoms with Crippen LogP contribution in [0.4, 0.5) is 10.1 Å². The molecule has 1 atom stereocenters. The van der Waals surface area contributed by atoms with E-state index in [1.807, 2.05) is 0 Å². The second-order valence-corrected chi connectivity index (χ2v) is 3.82. The van der Waals surface area contributed by atoms with Crippen molar-refractivity contribution >= 4 is 27.5 Å². The van der Waals surface area contributed by atoms with Crippen LogP contribution in [0.5, 0.6) is 0 Å². The third-order valence-corrected chi connectivity index (χ3v) is 2.09. The Hall–Kier alpha value is -0.940. The lowest BCUT2D eigenvalue weighted by Crippen LogP contribution is -2.32. The van der Waals surface area contributed by atoms with Crippen molar-refractivity contribution in [2.45, 2.75) is 13.0 Å². The Labute approximate surface area is 89.6 Å². The minimum atomic E-state index is -0.659. The van der Waals surface area contributed by atoms with Gasteiger partial charge < -0.3 is 11.1 Å². The van der Waals surface area contributed by atoms with E-state index in [2.05, 4.69) is 21.2 Å². The first kappa shape index (κ1) is 11.1. The van der Waals surface area contributed by atoms with Crippen molar-refractivity contribution in [1.82, 2.24) is 0 Å². The fourth-order valence-electron chi connectivity index (χ4n) is 0.840. The first-order valence-electron chi connectivity index (χ1n) is 4.02. The van der Waals surface area contributed by atoms with Crippen molar-refractivity contribution in [2.75, 3.05) is 5.32 Å². The molecule has 0 radical (unpaired) electrons. The second-order valence-electron chi connectivity index (χ2n) is 2.90. The quantitative estimate of drug-likeness (QED) is 0.853. The molecule has 3 N–H and O–H groups in total. The molecule has 0 heterocycles. The lowest BCUT2D eigenvalue weighted by atomic mass is 10.2. The summed E-state index contributed by atoms with van der Waals surface area (Å²) >= 11 is 3.17. The van der Waals surface area contributed by atoms with Crippen molar-refractivity contribution in [3.63, 3.8) is 0 Å². The van der Waals surface area contributed by atoms with Gasteiger partial charge in [0.25, 0.3) is 0 Å². The van der Waals surface area contributed by atoms with Gasteiger partial charge >= 0.3 is 0 Å². The highest BCUT2D eigenvalue weighted by Gasteiger charge is 2.10. The average Bonchev–Trinajstić information content (AvgIpc) is 2.11. The van der Waals surface area contributed by atoms with Gasteiger partial charge in [-0.2, -0.15) is 0 Å². The fraction of sp³-hybridized carbons (Fsp3) is 0.222. The molecule has 0 saturated carbocycles. The highest BCUT2D eigenvalue weighted by molar-refractivity contribution is 9.10. The lowest BCUT2D eigenvalue weighted by molar-refractivity contribution is -0.117. The molecular formula is C9H10BrFN2O. The SMILES string of the molecule is C[C@@H](N)C(=O)Nc1cc(Br)ccc1F. The molecule has 1 aromatic carbocycles. The predicted molar refractivity (Wildman–Crippen MR) is 56.4 cm³/mol. The van der Waals surface area contributed by atoms with E-state index in [9.17, 15) is 9.18 Å². The Morgan fingerprint density at radius 3 is 2.86 bits per heavy atom. The van der Waals surface area contributed by atoms with Gasteiger partial charge in [-0.05, 0) is 25.1 Å². The van der Waals surface area contributed by atoms with Crippen LogP contribution in [0.2, 0.25) is 0 Å². The van der Waals surface area contributed by atoms with Crippen molar-refractivity contribution in [2.24, 2.45) is 5.73 Å². The van der Waals surface area contributed by atoms with E-state index in [0.717, 1.165) is 0 Å². The number of rotatable bonds is 2. The summed E-state index contributed by atoms with van der Waals surface area (Å²) < 4.78 is 13.8. The predicted octanol–water partition coefficient (Wildman–Crippen LogP) is 1.87. The first-order valence-corrected chi connectivity index (χ1v) is 4.81. The number of carbonyl (C=O) groups excluding carboxylic acids is 1. The van der Waals surface area contributed by atoms with Crippen molar-refractivity contribution in [3.8, 4) is 0 Å². The molecule has 5 heteroatoms. The number of carbonyl (C=O) groups is 1. The van der Waals surface area contributed by atoms with Crippen LogP contribution in [0, 0.1) is 5.82 Å². The molecular weight excluding hydrogens is 251 g/mol. The minimum Gasteiger partial charge on any atom is -0.322 e. The summed E-state index contributed by atoms with van der Waals surface area (Å²) in [6.45, 7) is 1.53. The van der Waals surface area contributed by atoms with Crippen LogP contribution in [0.15, 0.2) is 22.7 Å². The van der Waals surface area contributed by atoms with Gasteiger partial charge in [-0.25, -0.2) is 4.39 Å². The number of nitrogens with one attached hydrogen (secondary N) is 1. The van der Waals surface area contributed by atoms with E-state index in [0.29, 0.717) is 4.47 Å². The maximum Gasteiger partial charge on any atom is 0.241 e. The number of anilines is 1. The molecule has 0 saturated heterocycles. The van der Waals surface area contributed by atoms with E-state index >= 15 is 0 Å². The van der Waals surface area contributed by atoms with Gasteiger partial charge in [0.05, 0.1) is 11.7 Å². The average molecular weight is 261 g/mol. The summed E-state index contributed by atoms with van der Waals surface area (Å²) in [7, 11) is 0. The van der Waals surface area contributed by atoms with Crippen LogP contribution in [-0.4, -0.2) is 11.9 Å². The summed E-state index contributed by atoms with van der Waals surface area (Å²) in [4.78, 5) is 11.2. The van der Waals surface area contributed by atoms with Crippen molar-refractivity contribution < 1.29 is 9.18 Å². The maximum absolute atomic E-state index is 13.1. The molecule has 0 aliphatic carbocycles. The smallest absolute Gasteiger partial charge is 0.241 e. The number of nitrogens with two attached hydrogens (primary N) is 1. The highest BCUT2D eigenvalue weighted by atomic mass is 79.9. The van der Waals surface area contributed by atoms with Gasteiger partial charge in [0, 0.05) is 4.47 Å². The number of benzene rings is 1. The maximum atomic E-state index is 13.1. The van der Waals surface area contributed by atoms with Gasteiger partial charge in [-0.3, -0.25) is 4.79 Å². The Morgan fingerprint density at radius 2 is 2.29 bits per heavy atom.